The topological polar surface area (TPSA) is 46.2 Å². The summed E-state index contributed by atoms with van der Waals surface area (Å²) in [6.07, 6.45) is 0. The molecule has 5 nitrogen and oxygen atoms in total. The number of rotatable bonds is 8. The van der Waals surface area contributed by atoms with Crippen molar-refractivity contribution in [2.75, 3.05) is 28.4 Å². The first-order valence-corrected chi connectivity index (χ1v) is 7.86. The summed E-state index contributed by atoms with van der Waals surface area (Å²) in [5, 5.41) is 0. The van der Waals surface area contributed by atoms with Crippen LogP contribution >= 0.6 is 0 Å². The molecule has 0 aliphatic heterocycles. The number of hydrogen-bond donors (Lipinski definition) is 0. The van der Waals surface area contributed by atoms with Crippen molar-refractivity contribution in [3.05, 3.63) is 24.6 Å². The lowest BCUT2D eigenvalue weighted by Gasteiger charge is -2.31. The minimum Gasteiger partial charge on any atom is -0.374 e. The van der Waals surface area contributed by atoms with Gasteiger partial charge < -0.3 is 21.8 Å². The monoisotopic (exact) mass is 250 g/mol. The van der Waals surface area contributed by atoms with Gasteiger partial charge in [-0.25, -0.2) is 0 Å². The van der Waals surface area contributed by atoms with Crippen LogP contribution in [0.5, 0.6) is 0 Å². The van der Waals surface area contributed by atoms with Gasteiger partial charge in [0.2, 0.25) is 0 Å². The SMILES string of the molecule is C=C[Si](OC)(OC)O[Si](C=C)(OC)OC. The van der Waals surface area contributed by atoms with Gasteiger partial charge in [-0.05, 0) is 11.4 Å². The van der Waals surface area contributed by atoms with E-state index in [1.54, 1.807) is 0 Å². The first-order chi connectivity index (χ1) is 7.07. The molecule has 7 heteroatoms. The molecule has 0 bridgehead atoms. The zero-order valence-electron chi connectivity index (χ0n) is 9.61. The highest BCUT2D eigenvalue weighted by Gasteiger charge is 2.48. The third-order valence-electron chi connectivity index (χ3n) is 1.92. The third-order valence-corrected chi connectivity index (χ3v) is 7.47. The van der Waals surface area contributed by atoms with Gasteiger partial charge in [0, 0.05) is 28.4 Å². The summed E-state index contributed by atoms with van der Waals surface area (Å²) in [6.45, 7) is 7.25. The van der Waals surface area contributed by atoms with Gasteiger partial charge in [0.25, 0.3) is 0 Å². The van der Waals surface area contributed by atoms with E-state index >= 15 is 0 Å². The Balaban J connectivity index is 4.90. The van der Waals surface area contributed by atoms with Crippen molar-refractivity contribution in [3.8, 4) is 0 Å². The fraction of sp³-hybridized carbons (Fsp3) is 0.500. The molecule has 0 N–H and O–H groups in total. The van der Waals surface area contributed by atoms with Crippen LogP contribution in [-0.2, 0) is 21.8 Å². The molecule has 0 radical (unpaired) electrons. The Bertz CT molecular complexity index is 191. The van der Waals surface area contributed by atoms with Crippen LogP contribution in [0, 0.1) is 0 Å². The molecule has 0 rings (SSSR count). The highest BCUT2D eigenvalue weighted by atomic mass is 28.5. The molecular formula is C8H18O5Si2. The van der Waals surface area contributed by atoms with Crippen LogP contribution < -0.4 is 0 Å². The summed E-state index contributed by atoms with van der Waals surface area (Å²) in [7, 11) is 0.141. The molecule has 0 aromatic heterocycles. The minimum atomic E-state index is -2.91. The highest BCUT2D eigenvalue weighted by Crippen LogP contribution is 2.18. The van der Waals surface area contributed by atoms with E-state index in [9.17, 15) is 0 Å². The average Bonchev–Trinajstić information content (AvgIpc) is 2.33. The first kappa shape index (κ1) is 14.7. The van der Waals surface area contributed by atoms with Crippen LogP contribution in [0.4, 0.5) is 0 Å². The fourth-order valence-electron chi connectivity index (χ4n) is 0.948. The second-order valence-corrected chi connectivity index (χ2v) is 8.21. The summed E-state index contributed by atoms with van der Waals surface area (Å²) in [6, 6.07) is 0. The Morgan fingerprint density at radius 2 is 1.00 bits per heavy atom. The van der Waals surface area contributed by atoms with E-state index in [0.717, 1.165) is 0 Å². The fourth-order valence-corrected chi connectivity index (χ4v) is 5.53. The van der Waals surface area contributed by atoms with Crippen molar-refractivity contribution in [3.63, 3.8) is 0 Å². The smallest absolute Gasteiger partial charge is 0.374 e. The van der Waals surface area contributed by atoms with E-state index in [1.807, 2.05) is 0 Å². The van der Waals surface area contributed by atoms with Crippen LogP contribution in [0.3, 0.4) is 0 Å². The van der Waals surface area contributed by atoms with Crippen LogP contribution in [-0.4, -0.2) is 46.0 Å². The summed E-state index contributed by atoms with van der Waals surface area (Å²) in [5.74, 6) is 0. The van der Waals surface area contributed by atoms with Gasteiger partial charge in [-0.2, -0.15) is 0 Å². The van der Waals surface area contributed by atoms with Crippen LogP contribution in [0.2, 0.25) is 0 Å². The molecule has 0 aliphatic carbocycles. The predicted molar refractivity (Wildman–Crippen MR) is 61.0 cm³/mol. The maximum Gasteiger partial charge on any atom is 0.521 e. The zero-order chi connectivity index (χ0) is 11.9. The van der Waals surface area contributed by atoms with Gasteiger partial charge >= 0.3 is 17.6 Å². The first-order valence-electron chi connectivity index (χ1n) is 4.25. The minimum absolute atomic E-state index is 1.49. The van der Waals surface area contributed by atoms with Gasteiger partial charge in [-0.1, -0.05) is 13.2 Å². The van der Waals surface area contributed by atoms with Gasteiger partial charge in [-0.3, -0.25) is 0 Å². The maximum atomic E-state index is 5.67. The second kappa shape index (κ2) is 6.33. The van der Waals surface area contributed by atoms with E-state index in [4.69, 9.17) is 21.8 Å². The van der Waals surface area contributed by atoms with Crippen LogP contribution in [0.25, 0.3) is 0 Å². The Morgan fingerprint density at radius 3 is 1.13 bits per heavy atom. The van der Waals surface area contributed by atoms with E-state index in [-0.39, 0.29) is 0 Å². The molecular weight excluding hydrogens is 232 g/mol. The lowest BCUT2D eigenvalue weighted by molar-refractivity contribution is 0.105. The third kappa shape index (κ3) is 3.35. The van der Waals surface area contributed by atoms with Crippen molar-refractivity contribution in [1.29, 1.82) is 0 Å². The van der Waals surface area contributed by atoms with Gasteiger partial charge in [0.1, 0.15) is 0 Å². The van der Waals surface area contributed by atoms with Crippen molar-refractivity contribution in [1.82, 2.24) is 0 Å². The molecule has 0 spiro atoms. The van der Waals surface area contributed by atoms with E-state index < -0.39 is 17.6 Å². The summed E-state index contributed by atoms with van der Waals surface area (Å²) in [4.78, 5) is 0. The molecule has 0 aromatic rings. The molecule has 0 unspecified atom stereocenters. The second-order valence-electron chi connectivity index (χ2n) is 2.53. The molecule has 15 heavy (non-hydrogen) atoms. The zero-order valence-corrected chi connectivity index (χ0v) is 11.6. The molecule has 0 aromatic carbocycles. The largest absolute Gasteiger partial charge is 0.521 e. The average molecular weight is 250 g/mol. The Kier molecular flexibility index (Phi) is 6.21. The molecule has 0 atom stereocenters. The Morgan fingerprint density at radius 1 is 0.733 bits per heavy atom. The van der Waals surface area contributed by atoms with Crippen molar-refractivity contribution in [2.24, 2.45) is 0 Å². The summed E-state index contributed by atoms with van der Waals surface area (Å²) < 4.78 is 26.5. The maximum absolute atomic E-state index is 5.67. The molecule has 0 aliphatic rings. The van der Waals surface area contributed by atoms with E-state index in [1.165, 1.54) is 39.8 Å². The lowest BCUT2D eigenvalue weighted by Crippen LogP contribution is -2.55. The molecule has 0 saturated carbocycles. The summed E-state index contributed by atoms with van der Waals surface area (Å²) in [5.41, 5.74) is 3.02. The Hall–Kier alpha value is -0.286. The normalized spacial score (nSPS) is 12.5. The van der Waals surface area contributed by atoms with Crippen LogP contribution in [0.1, 0.15) is 0 Å². The van der Waals surface area contributed by atoms with Crippen LogP contribution in [0.15, 0.2) is 24.6 Å². The van der Waals surface area contributed by atoms with Crippen molar-refractivity contribution < 1.29 is 21.8 Å². The van der Waals surface area contributed by atoms with Gasteiger partial charge in [-0.15, -0.1) is 0 Å². The van der Waals surface area contributed by atoms with E-state index in [0.29, 0.717) is 0 Å². The Labute approximate surface area is 93.0 Å². The van der Waals surface area contributed by atoms with Gasteiger partial charge in [0.05, 0.1) is 0 Å². The molecule has 88 valence electrons. The quantitative estimate of drug-likeness (QED) is 0.599. The predicted octanol–water partition coefficient (Wildman–Crippen LogP) is 0.917. The summed E-state index contributed by atoms with van der Waals surface area (Å²) >= 11 is 0. The molecule has 0 amide bonds. The van der Waals surface area contributed by atoms with Crippen molar-refractivity contribution >= 4 is 17.6 Å². The van der Waals surface area contributed by atoms with Crippen molar-refractivity contribution in [2.45, 2.75) is 0 Å². The van der Waals surface area contributed by atoms with Gasteiger partial charge in [0.15, 0.2) is 0 Å². The molecule has 0 saturated heterocycles. The lowest BCUT2D eigenvalue weighted by atomic mass is 11.3. The molecule has 0 fully saturated rings. The number of hydrogen-bond acceptors (Lipinski definition) is 5. The highest BCUT2D eigenvalue weighted by molar-refractivity contribution is 6.79. The molecule has 0 heterocycles. The standard InChI is InChI=1S/C8H18O5Si2/c1-7-14(9-3,10-4)13-15(8-2,11-5)12-6/h7-8H,1-2H2,3-6H3. The van der Waals surface area contributed by atoms with E-state index in [2.05, 4.69) is 13.2 Å².